The second-order valence-electron chi connectivity index (χ2n) is 5.68. The SMILES string of the molecule is N#Cc1ccc(C2=C3N=C(N=c4ccn5sncc5c4)NN3C=CN2)cn1. The standard InChI is InChI=1S/C17H11N9S/c18-8-13-2-1-11(9-20-13)15-16-23-17(24-25(16)6-4-19-15)22-12-3-5-26-14(7-12)10-21-27-26/h1-7,9-10,19H,(H,23,24). The lowest BCUT2D eigenvalue weighted by atomic mass is 10.2. The maximum atomic E-state index is 8.91. The van der Waals surface area contributed by atoms with E-state index in [0.717, 1.165) is 22.1 Å². The molecule has 3 aromatic rings. The summed E-state index contributed by atoms with van der Waals surface area (Å²) in [5, 5.41) is 14.7. The van der Waals surface area contributed by atoms with E-state index in [0.29, 0.717) is 17.5 Å². The Balaban J connectivity index is 1.55. The Hall–Kier alpha value is -3.97. The van der Waals surface area contributed by atoms with Crippen LogP contribution in [-0.2, 0) is 0 Å². The molecular formula is C17H11N9S. The van der Waals surface area contributed by atoms with Gasteiger partial charge in [-0.15, -0.1) is 0 Å². The average Bonchev–Trinajstić information content (AvgIpc) is 3.33. The van der Waals surface area contributed by atoms with Crippen LogP contribution in [0, 0.1) is 11.3 Å². The number of hydrogen-bond donors (Lipinski definition) is 2. The highest BCUT2D eigenvalue weighted by molar-refractivity contribution is 7.00. The molecule has 3 aromatic heterocycles. The van der Waals surface area contributed by atoms with Gasteiger partial charge in [-0.1, -0.05) is 0 Å². The number of hydrogen-bond acceptors (Lipinski definition) is 9. The van der Waals surface area contributed by atoms with Gasteiger partial charge in [0, 0.05) is 30.4 Å². The van der Waals surface area contributed by atoms with Crippen molar-refractivity contribution in [3.8, 4) is 6.07 Å². The number of rotatable bonds is 1. The average molecular weight is 373 g/mol. The van der Waals surface area contributed by atoms with Crippen LogP contribution < -0.4 is 16.1 Å². The number of pyridine rings is 2. The Morgan fingerprint density at radius 3 is 3.04 bits per heavy atom. The van der Waals surface area contributed by atoms with E-state index < -0.39 is 0 Å². The number of fused-ring (bicyclic) bond motifs is 2. The first-order chi connectivity index (χ1) is 13.3. The summed E-state index contributed by atoms with van der Waals surface area (Å²) >= 11 is 1.38. The second kappa shape index (κ2) is 6.08. The minimum Gasteiger partial charge on any atom is -0.357 e. The van der Waals surface area contributed by atoms with Crippen LogP contribution in [-0.4, -0.2) is 24.1 Å². The Kier molecular flexibility index (Phi) is 3.44. The number of aliphatic imine (C=N–C) groups is 1. The molecule has 2 aliphatic heterocycles. The van der Waals surface area contributed by atoms with Gasteiger partial charge in [0.15, 0.2) is 5.82 Å². The summed E-state index contributed by atoms with van der Waals surface area (Å²) < 4.78 is 6.10. The lowest BCUT2D eigenvalue weighted by Gasteiger charge is -2.21. The van der Waals surface area contributed by atoms with E-state index >= 15 is 0 Å². The third-order valence-corrected chi connectivity index (χ3v) is 4.70. The van der Waals surface area contributed by atoms with Crippen molar-refractivity contribution in [2.45, 2.75) is 0 Å². The number of hydrazine groups is 1. The summed E-state index contributed by atoms with van der Waals surface area (Å²) in [6.45, 7) is 0. The van der Waals surface area contributed by atoms with E-state index in [2.05, 4.69) is 30.1 Å². The van der Waals surface area contributed by atoms with Crippen molar-refractivity contribution in [2.24, 2.45) is 9.98 Å². The van der Waals surface area contributed by atoms with E-state index in [1.165, 1.54) is 11.7 Å². The number of guanidine groups is 1. The van der Waals surface area contributed by atoms with Crippen molar-refractivity contribution in [3.63, 3.8) is 0 Å². The van der Waals surface area contributed by atoms with Gasteiger partial charge in [0.25, 0.3) is 0 Å². The lowest BCUT2D eigenvalue weighted by Crippen LogP contribution is -2.34. The Labute approximate surface area is 157 Å². The van der Waals surface area contributed by atoms with E-state index in [1.54, 1.807) is 29.7 Å². The zero-order chi connectivity index (χ0) is 18.2. The molecule has 0 aromatic carbocycles. The molecule has 5 heterocycles. The Bertz CT molecular complexity index is 1240. The molecule has 0 unspecified atom stereocenters. The molecule has 0 atom stereocenters. The third-order valence-electron chi connectivity index (χ3n) is 3.99. The van der Waals surface area contributed by atoms with Crippen molar-refractivity contribution < 1.29 is 0 Å². The van der Waals surface area contributed by atoms with Gasteiger partial charge in [0.2, 0.25) is 5.96 Å². The maximum absolute atomic E-state index is 8.91. The summed E-state index contributed by atoms with van der Waals surface area (Å²) in [6, 6.07) is 9.37. The smallest absolute Gasteiger partial charge is 0.244 e. The fraction of sp³-hybridized carbons (Fsp3) is 0. The molecule has 9 nitrogen and oxygen atoms in total. The van der Waals surface area contributed by atoms with Crippen molar-refractivity contribution in [3.05, 3.63) is 77.7 Å². The van der Waals surface area contributed by atoms with Crippen LogP contribution in [0.5, 0.6) is 0 Å². The van der Waals surface area contributed by atoms with Gasteiger partial charge in [0.05, 0.1) is 34.5 Å². The highest BCUT2D eigenvalue weighted by atomic mass is 32.1. The number of nitriles is 1. The molecule has 10 heteroatoms. The molecule has 0 amide bonds. The first kappa shape index (κ1) is 15.3. The highest BCUT2D eigenvalue weighted by Crippen LogP contribution is 2.25. The van der Waals surface area contributed by atoms with Gasteiger partial charge in [-0.2, -0.15) is 14.6 Å². The highest BCUT2D eigenvalue weighted by Gasteiger charge is 2.24. The van der Waals surface area contributed by atoms with Crippen molar-refractivity contribution >= 4 is 28.9 Å². The quantitative estimate of drug-likeness (QED) is 0.663. The van der Waals surface area contributed by atoms with E-state index in [4.69, 9.17) is 5.26 Å². The summed E-state index contributed by atoms with van der Waals surface area (Å²) in [7, 11) is 0. The summed E-state index contributed by atoms with van der Waals surface area (Å²) in [5.74, 6) is 1.15. The number of nitrogens with one attached hydrogen (secondary N) is 2. The van der Waals surface area contributed by atoms with E-state index in [-0.39, 0.29) is 0 Å². The zero-order valence-electron chi connectivity index (χ0n) is 13.7. The fourth-order valence-corrected chi connectivity index (χ4v) is 3.30. The second-order valence-corrected chi connectivity index (χ2v) is 6.45. The molecule has 0 radical (unpaired) electrons. The van der Waals surface area contributed by atoms with Gasteiger partial charge >= 0.3 is 0 Å². The van der Waals surface area contributed by atoms with Crippen molar-refractivity contribution in [1.82, 2.24) is 28.9 Å². The largest absolute Gasteiger partial charge is 0.357 e. The van der Waals surface area contributed by atoms with Crippen LogP contribution in [0.2, 0.25) is 0 Å². The monoisotopic (exact) mass is 373 g/mol. The molecule has 130 valence electrons. The van der Waals surface area contributed by atoms with Crippen LogP contribution in [0.25, 0.3) is 11.2 Å². The molecular weight excluding hydrogens is 362 g/mol. The lowest BCUT2D eigenvalue weighted by molar-refractivity contribution is 0.432. The fourth-order valence-electron chi connectivity index (χ4n) is 2.74. The molecule has 0 bridgehead atoms. The molecule has 2 N–H and O–H groups in total. The van der Waals surface area contributed by atoms with Gasteiger partial charge in [0.1, 0.15) is 11.8 Å². The van der Waals surface area contributed by atoms with Crippen molar-refractivity contribution in [2.75, 3.05) is 0 Å². The molecule has 0 fully saturated rings. The first-order valence-corrected chi connectivity index (χ1v) is 8.70. The topological polar surface area (TPSA) is 106 Å². The third kappa shape index (κ3) is 2.72. The van der Waals surface area contributed by atoms with Crippen LogP contribution in [0.3, 0.4) is 0 Å². The van der Waals surface area contributed by atoms with E-state index in [1.807, 2.05) is 40.5 Å². The minimum absolute atomic E-state index is 0.368. The molecule has 0 saturated heterocycles. The molecule has 27 heavy (non-hydrogen) atoms. The van der Waals surface area contributed by atoms with Gasteiger partial charge in [-0.3, -0.25) is 9.22 Å². The van der Waals surface area contributed by atoms with Crippen LogP contribution in [0.4, 0.5) is 0 Å². The van der Waals surface area contributed by atoms with Crippen LogP contribution in [0.1, 0.15) is 11.3 Å². The Morgan fingerprint density at radius 1 is 1.22 bits per heavy atom. The van der Waals surface area contributed by atoms with Crippen LogP contribution in [0.15, 0.2) is 71.1 Å². The van der Waals surface area contributed by atoms with Gasteiger partial charge in [-0.05, 0) is 24.3 Å². The molecule has 0 saturated carbocycles. The maximum Gasteiger partial charge on any atom is 0.244 e. The predicted octanol–water partition coefficient (Wildman–Crippen LogP) is 1.14. The van der Waals surface area contributed by atoms with Gasteiger partial charge in [-0.25, -0.2) is 15.0 Å². The summed E-state index contributed by atoms with van der Waals surface area (Å²) in [6.07, 6.45) is 8.97. The normalized spacial score (nSPS) is 16.0. The number of aromatic nitrogens is 3. The first-order valence-electron chi connectivity index (χ1n) is 7.97. The Morgan fingerprint density at radius 2 is 2.19 bits per heavy atom. The zero-order valence-corrected chi connectivity index (χ0v) is 14.6. The summed E-state index contributed by atoms with van der Waals surface area (Å²) in [4.78, 5) is 13.3. The van der Waals surface area contributed by atoms with E-state index in [9.17, 15) is 0 Å². The molecule has 0 spiro atoms. The summed E-state index contributed by atoms with van der Waals surface area (Å²) in [5.41, 5.74) is 6.09. The van der Waals surface area contributed by atoms with Gasteiger partial charge < -0.3 is 5.32 Å². The van der Waals surface area contributed by atoms with Crippen molar-refractivity contribution in [1.29, 1.82) is 5.26 Å². The molecule has 2 aliphatic rings. The predicted molar refractivity (Wildman–Crippen MR) is 99.2 cm³/mol. The molecule has 0 aliphatic carbocycles. The number of nitrogens with zero attached hydrogens (tertiary/aromatic N) is 7. The molecule has 5 rings (SSSR count). The van der Waals surface area contributed by atoms with Crippen LogP contribution >= 0.6 is 11.7 Å². The minimum atomic E-state index is 0.368.